The van der Waals surface area contributed by atoms with E-state index in [1.807, 2.05) is 53.1 Å². The first-order valence-corrected chi connectivity index (χ1v) is 9.39. The number of pyridine rings is 1. The predicted molar refractivity (Wildman–Crippen MR) is 113 cm³/mol. The molecule has 0 aliphatic rings. The van der Waals surface area contributed by atoms with Gasteiger partial charge < -0.3 is 10.1 Å². The number of fused-ring (bicyclic) bond motifs is 1. The second-order valence-electron chi connectivity index (χ2n) is 6.29. The number of carbonyl (C=O) groups is 1. The third-order valence-corrected chi connectivity index (χ3v) is 4.80. The number of ether oxygens (including phenoxy) is 1. The number of nitrogens with one attached hydrogen (secondary N) is 1. The van der Waals surface area contributed by atoms with Crippen LogP contribution < -0.4 is 10.1 Å². The molecule has 1 amide bonds. The quantitative estimate of drug-likeness (QED) is 0.497. The summed E-state index contributed by atoms with van der Waals surface area (Å²) in [5.74, 6) is 0.420. The number of halogens is 1. The third-order valence-electron chi connectivity index (χ3n) is 4.30. The summed E-state index contributed by atoms with van der Waals surface area (Å²) < 4.78 is 8.11. The second kappa shape index (κ2) is 7.44. The minimum Gasteiger partial charge on any atom is -0.481 e. The lowest BCUT2D eigenvalue weighted by molar-refractivity contribution is -0.114. The fourth-order valence-electron chi connectivity index (χ4n) is 3.06. The summed E-state index contributed by atoms with van der Waals surface area (Å²) in [7, 11) is 1.58. The highest BCUT2D eigenvalue weighted by molar-refractivity contribution is 9.10. The van der Waals surface area contributed by atoms with Gasteiger partial charge in [-0.15, -0.1) is 0 Å². The number of imidazole rings is 1. The summed E-state index contributed by atoms with van der Waals surface area (Å²) in [4.78, 5) is 20.4. The van der Waals surface area contributed by atoms with Crippen molar-refractivity contribution in [2.24, 2.45) is 0 Å². The molecule has 0 saturated carbocycles. The molecule has 0 aliphatic carbocycles. The van der Waals surface area contributed by atoms with Gasteiger partial charge in [-0.3, -0.25) is 9.36 Å². The highest BCUT2D eigenvalue weighted by Crippen LogP contribution is 2.29. The monoisotopic (exact) mass is 436 g/mol. The molecule has 4 aromatic rings. The van der Waals surface area contributed by atoms with Crippen LogP contribution in [-0.2, 0) is 4.79 Å². The molecule has 2 aromatic heterocycles. The maximum absolute atomic E-state index is 11.6. The molecule has 1 N–H and O–H groups in total. The Morgan fingerprint density at radius 2 is 1.93 bits per heavy atom. The van der Waals surface area contributed by atoms with E-state index in [1.54, 1.807) is 19.6 Å². The molecule has 0 unspecified atom stereocenters. The maximum atomic E-state index is 11.6. The smallest absolute Gasteiger partial charge is 0.221 e. The first-order valence-electron chi connectivity index (χ1n) is 8.59. The normalized spacial score (nSPS) is 10.8. The van der Waals surface area contributed by atoms with Crippen LogP contribution >= 0.6 is 15.9 Å². The van der Waals surface area contributed by atoms with Gasteiger partial charge in [0.25, 0.3) is 0 Å². The van der Waals surface area contributed by atoms with Crippen molar-refractivity contribution in [3.05, 3.63) is 65.5 Å². The Hall–Kier alpha value is -3.19. The molecule has 0 spiro atoms. The number of aromatic nitrogens is 3. The van der Waals surface area contributed by atoms with E-state index >= 15 is 0 Å². The summed E-state index contributed by atoms with van der Waals surface area (Å²) in [5.41, 5.74) is 5.29. The highest BCUT2D eigenvalue weighted by Gasteiger charge is 2.10. The maximum Gasteiger partial charge on any atom is 0.221 e. The van der Waals surface area contributed by atoms with Gasteiger partial charge in [0.2, 0.25) is 11.8 Å². The topological polar surface area (TPSA) is 69.0 Å². The zero-order valence-electron chi connectivity index (χ0n) is 15.3. The van der Waals surface area contributed by atoms with Crippen LogP contribution in [0.2, 0.25) is 0 Å². The van der Waals surface area contributed by atoms with Gasteiger partial charge >= 0.3 is 0 Å². The molecule has 0 radical (unpaired) electrons. The van der Waals surface area contributed by atoms with Gasteiger partial charge in [-0.05, 0) is 48.0 Å². The molecule has 0 fully saturated rings. The van der Waals surface area contributed by atoms with Crippen molar-refractivity contribution in [2.75, 3.05) is 12.4 Å². The number of nitrogens with zero attached hydrogens (tertiary/aromatic N) is 3. The van der Waals surface area contributed by atoms with Gasteiger partial charge in [0, 0.05) is 40.6 Å². The largest absolute Gasteiger partial charge is 0.481 e. The number of carbonyl (C=O) groups excluding carboxylic acids is 1. The molecule has 140 valence electrons. The molecule has 0 bridgehead atoms. The lowest BCUT2D eigenvalue weighted by atomic mass is 10.1. The van der Waals surface area contributed by atoms with Crippen LogP contribution in [0.25, 0.3) is 27.8 Å². The van der Waals surface area contributed by atoms with Crippen molar-refractivity contribution in [3.63, 3.8) is 0 Å². The summed E-state index contributed by atoms with van der Waals surface area (Å²) in [6.45, 7) is 1.49. The van der Waals surface area contributed by atoms with Gasteiger partial charge in [-0.25, -0.2) is 9.97 Å². The number of hydrogen-bond donors (Lipinski definition) is 1. The average molecular weight is 437 g/mol. The Labute approximate surface area is 170 Å². The molecule has 2 heterocycles. The van der Waals surface area contributed by atoms with Crippen molar-refractivity contribution >= 4 is 38.6 Å². The molecule has 4 rings (SSSR count). The van der Waals surface area contributed by atoms with Gasteiger partial charge in [0.15, 0.2) is 0 Å². The average Bonchev–Trinajstić information content (AvgIpc) is 3.10. The van der Waals surface area contributed by atoms with Gasteiger partial charge in [-0.1, -0.05) is 15.9 Å². The summed E-state index contributed by atoms with van der Waals surface area (Å²) in [6.07, 6.45) is 3.53. The Balaban J connectivity index is 1.86. The Bertz CT molecular complexity index is 1170. The van der Waals surface area contributed by atoms with E-state index in [1.165, 1.54) is 6.92 Å². The van der Waals surface area contributed by atoms with Crippen LogP contribution in [0.15, 0.2) is 65.5 Å². The predicted octanol–water partition coefficient (Wildman–Crippen LogP) is 4.82. The molecule has 0 atom stereocenters. The minimum absolute atomic E-state index is 0.129. The summed E-state index contributed by atoms with van der Waals surface area (Å²) >= 11 is 3.48. The number of anilines is 1. The SMILES string of the molecule is COc1ccc(-c2cc(NC(C)=O)cc(-n3cnc4cc(Br)ccc43)c2)cn1. The van der Waals surface area contributed by atoms with Crippen LogP contribution in [0.1, 0.15) is 6.92 Å². The van der Waals surface area contributed by atoms with Crippen molar-refractivity contribution in [1.82, 2.24) is 14.5 Å². The van der Waals surface area contributed by atoms with E-state index in [0.717, 1.165) is 32.3 Å². The van der Waals surface area contributed by atoms with E-state index in [9.17, 15) is 4.79 Å². The van der Waals surface area contributed by atoms with E-state index in [0.29, 0.717) is 11.6 Å². The number of methoxy groups -OCH3 is 1. The Morgan fingerprint density at radius 1 is 1.07 bits per heavy atom. The Morgan fingerprint density at radius 3 is 2.64 bits per heavy atom. The fraction of sp³-hybridized carbons (Fsp3) is 0.0952. The van der Waals surface area contributed by atoms with Gasteiger partial charge in [0.1, 0.15) is 6.33 Å². The molecule has 28 heavy (non-hydrogen) atoms. The second-order valence-corrected chi connectivity index (χ2v) is 7.20. The zero-order valence-corrected chi connectivity index (χ0v) is 16.9. The van der Waals surface area contributed by atoms with Crippen LogP contribution in [-0.4, -0.2) is 27.6 Å². The number of benzene rings is 2. The van der Waals surface area contributed by atoms with E-state index in [-0.39, 0.29) is 5.91 Å². The minimum atomic E-state index is -0.129. The first kappa shape index (κ1) is 18.2. The lowest BCUT2D eigenvalue weighted by Crippen LogP contribution is -2.06. The van der Waals surface area contributed by atoms with Crippen molar-refractivity contribution in [1.29, 1.82) is 0 Å². The number of amides is 1. The number of hydrogen-bond acceptors (Lipinski definition) is 4. The van der Waals surface area contributed by atoms with Crippen LogP contribution in [0, 0.1) is 0 Å². The van der Waals surface area contributed by atoms with Crippen molar-refractivity contribution < 1.29 is 9.53 Å². The molecule has 7 heteroatoms. The summed E-state index contributed by atoms with van der Waals surface area (Å²) in [6, 6.07) is 15.6. The van der Waals surface area contributed by atoms with E-state index < -0.39 is 0 Å². The van der Waals surface area contributed by atoms with Crippen LogP contribution in [0.3, 0.4) is 0 Å². The molecular weight excluding hydrogens is 420 g/mol. The van der Waals surface area contributed by atoms with Crippen LogP contribution in [0.5, 0.6) is 5.88 Å². The Kier molecular flexibility index (Phi) is 4.83. The first-order chi connectivity index (χ1) is 13.5. The third kappa shape index (κ3) is 3.61. The number of rotatable bonds is 4. The molecule has 0 saturated heterocycles. The zero-order chi connectivity index (χ0) is 19.7. The van der Waals surface area contributed by atoms with E-state index in [4.69, 9.17) is 4.74 Å². The molecular formula is C21H17BrN4O2. The fourth-order valence-corrected chi connectivity index (χ4v) is 3.40. The highest BCUT2D eigenvalue weighted by atomic mass is 79.9. The van der Waals surface area contributed by atoms with Crippen molar-refractivity contribution in [3.8, 4) is 22.7 Å². The molecule has 2 aromatic carbocycles. The molecule has 0 aliphatic heterocycles. The van der Waals surface area contributed by atoms with Crippen LogP contribution in [0.4, 0.5) is 5.69 Å². The van der Waals surface area contributed by atoms with Gasteiger partial charge in [-0.2, -0.15) is 0 Å². The van der Waals surface area contributed by atoms with Gasteiger partial charge in [0.05, 0.1) is 18.1 Å². The molecule has 6 nitrogen and oxygen atoms in total. The van der Waals surface area contributed by atoms with E-state index in [2.05, 4.69) is 31.2 Å². The summed E-state index contributed by atoms with van der Waals surface area (Å²) in [5, 5.41) is 2.87. The standard InChI is InChI=1S/C21H17BrN4O2/c1-13(27)25-17-7-15(14-3-6-21(28-2)23-11-14)8-18(10-17)26-12-24-19-9-16(22)4-5-20(19)26/h3-12H,1-2H3,(H,25,27). The van der Waals surface area contributed by atoms with Crippen molar-refractivity contribution in [2.45, 2.75) is 6.92 Å². The lowest BCUT2D eigenvalue weighted by Gasteiger charge is -2.12.